The van der Waals surface area contributed by atoms with E-state index in [0.29, 0.717) is 17.5 Å². The highest BCUT2D eigenvalue weighted by atomic mass is 15.0. The van der Waals surface area contributed by atoms with Crippen LogP contribution in [-0.2, 0) is 0 Å². The average molecular weight is 193 g/mol. The third kappa shape index (κ3) is 3.03. The molecule has 0 radical (unpaired) electrons. The fourth-order valence-electron chi connectivity index (χ4n) is 2.72. The van der Waals surface area contributed by atoms with Crippen LogP contribution in [0.2, 0.25) is 0 Å². The molecule has 0 aromatic rings. The van der Waals surface area contributed by atoms with Gasteiger partial charge in [-0.05, 0) is 31.1 Å². The first-order valence-corrected chi connectivity index (χ1v) is 5.64. The molecule has 0 bridgehead atoms. The molecule has 14 heavy (non-hydrogen) atoms. The van der Waals surface area contributed by atoms with Gasteiger partial charge >= 0.3 is 0 Å². The summed E-state index contributed by atoms with van der Waals surface area (Å²) in [4.78, 5) is 0. The summed E-state index contributed by atoms with van der Waals surface area (Å²) >= 11 is 0. The zero-order chi connectivity index (χ0) is 10.8. The van der Waals surface area contributed by atoms with Crippen LogP contribution < -0.4 is 5.32 Å². The fraction of sp³-hybridized carbons (Fsp3) is 0.846. The van der Waals surface area contributed by atoms with E-state index in [1.165, 1.54) is 12.8 Å². The predicted octanol–water partition coefficient (Wildman–Crippen LogP) is 2.81. The van der Waals surface area contributed by atoms with E-state index in [1.807, 2.05) is 0 Å². The Labute approximate surface area is 88.7 Å². The number of rotatable bonds is 3. The molecule has 0 aromatic carbocycles. The standard InChI is InChI=1S/C13H23N/c1-6-7-11(3)14-12-9-13(4,5)8-10(12)2/h1,10-12,14H,7-9H2,2-5H3. The largest absolute Gasteiger partial charge is 0.310 e. The van der Waals surface area contributed by atoms with Gasteiger partial charge in [-0.2, -0.15) is 0 Å². The summed E-state index contributed by atoms with van der Waals surface area (Å²) < 4.78 is 0. The first-order valence-electron chi connectivity index (χ1n) is 5.64. The Morgan fingerprint density at radius 2 is 2.14 bits per heavy atom. The second-order valence-electron chi connectivity index (χ2n) is 5.63. The van der Waals surface area contributed by atoms with Crippen LogP contribution in [0.5, 0.6) is 0 Å². The Morgan fingerprint density at radius 3 is 2.57 bits per heavy atom. The van der Waals surface area contributed by atoms with Gasteiger partial charge in [-0.3, -0.25) is 0 Å². The van der Waals surface area contributed by atoms with Crippen molar-refractivity contribution in [2.75, 3.05) is 0 Å². The number of hydrogen-bond acceptors (Lipinski definition) is 1. The summed E-state index contributed by atoms with van der Waals surface area (Å²) in [6.07, 6.45) is 8.75. The summed E-state index contributed by atoms with van der Waals surface area (Å²) in [5.74, 6) is 3.50. The van der Waals surface area contributed by atoms with E-state index in [4.69, 9.17) is 6.42 Å². The van der Waals surface area contributed by atoms with Crippen molar-refractivity contribution in [3.05, 3.63) is 0 Å². The molecule has 0 aromatic heterocycles. The topological polar surface area (TPSA) is 12.0 Å². The van der Waals surface area contributed by atoms with Crippen molar-refractivity contribution in [3.8, 4) is 12.3 Å². The molecule has 1 heteroatoms. The van der Waals surface area contributed by atoms with Crippen LogP contribution in [0.15, 0.2) is 0 Å². The Morgan fingerprint density at radius 1 is 1.50 bits per heavy atom. The molecule has 1 rings (SSSR count). The van der Waals surface area contributed by atoms with Crippen molar-refractivity contribution in [3.63, 3.8) is 0 Å². The quantitative estimate of drug-likeness (QED) is 0.680. The van der Waals surface area contributed by atoms with Crippen molar-refractivity contribution in [1.82, 2.24) is 5.32 Å². The summed E-state index contributed by atoms with van der Waals surface area (Å²) in [6.45, 7) is 9.24. The highest BCUT2D eigenvalue weighted by Gasteiger charge is 2.36. The van der Waals surface area contributed by atoms with Crippen LogP contribution in [0.3, 0.4) is 0 Å². The van der Waals surface area contributed by atoms with Gasteiger partial charge in [0, 0.05) is 18.5 Å². The van der Waals surface area contributed by atoms with E-state index in [0.717, 1.165) is 12.3 Å². The normalized spacial score (nSPS) is 32.5. The molecule has 3 unspecified atom stereocenters. The van der Waals surface area contributed by atoms with Gasteiger partial charge in [-0.15, -0.1) is 12.3 Å². The van der Waals surface area contributed by atoms with E-state index in [2.05, 4.69) is 38.9 Å². The minimum Gasteiger partial charge on any atom is -0.310 e. The van der Waals surface area contributed by atoms with Crippen LogP contribution in [0, 0.1) is 23.7 Å². The van der Waals surface area contributed by atoms with Gasteiger partial charge in [0.15, 0.2) is 0 Å². The molecular weight excluding hydrogens is 170 g/mol. The summed E-state index contributed by atoms with van der Waals surface area (Å²) in [5, 5.41) is 3.64. The SMILES string of the molecule is C#CCC(C)NC1CC(C)(C)CC1C. The molecule has 1 N–H and O–H groups in total. The Kier molecular flexibility index (Phi) is 3.61. The van der Waals surface area contributed by atoms with Crippen LogP contribution in [0.1, 0.15) is 47.0 Å². The first-order chi connectivity index (χ1) is 6.44. The van der Waals surface area contributed by atoms with Gasteiger partial charge in [0.25, 0.3) is 0 Å². The molecule has 1 aliphatic carbocycles. The molecule has 0 spiro atoms. The number of terminal acetylenes is 1. The fourth-order valence-corrected chi connectivity index (χ4v) is 2.72. The highest BCUT2D eigenvalue weighted by Crippen LogP contribution is 2.40. The van der Waals surface area contributed by atoms with Gasteiger partial charge in [-0.1, -0.05) is 20.8 Å². The van der Waals surface area contributed by atoms with Gasteiger partial charge in [0.1, 0.15) is 0 Å². The molecule has 80 valence electrons. The number of hydrogen-bond donors (Lipinski definition) is 1. The maximum absolute atomic E-state index is 5.30. The van der Waals surface area contributed by atoms with E-state index in [-0.39, 0.29) is 0 Å². The average Bonchev–Trinajstić information content (AvgIpc) is 2.25. The second kappa shape index (κ2) is 4.36. The Bertz CT molecular complexity index is 224. The summed E-state index contributed by atoms with van der Waals surface area (Å²) in [7, 11) is 0. The summed E-state index contributed by atoms with van der Waals surface area (Å²) in [5.41, 5.74) is 0.507. The maximum atomic E-state index is 5.30. The van der Waals surface area contributed by atoms with Crippen molar-refractivity contribution in [1.29, 1.82) is 0 Å². The predicted molar refractivity (Wildman–Crippen MR) is 62.0 cm³/mol. The van der Waals surface area contributed by atoms with Crippen LogP contribution in [0.4, 0.5) is 0 Å². The van der Waals surface area contributed by atoms with E-state index < -0.39 is 0 Å². The minimum absolute atomic E-state index is 0.460. The lowest BCUT2D eigenvalue weighted by Crippen LogP contribution is -2.38. The highest BCUT2D eigenvalue weighted by molar-refractivity contribution is 4.94. The van der Waals surface area contributed by atoms with Gasteiger partial charge in [-0.25, -0.2) is 0 Å². The monoisotopic (exact) mass is 193 g/mol. The van der Waals surface area contributed by atoms with Crippen molar-refractivity contribution >= 4 is 0 Å². The lowest BCUT2D eigenvalue weighted by molar-refractivity contribution is 0.356. The van der Waals surface area contributed by atoms with E-state index >= 15 is 0 Å². The Balaban J connectivity index is 2.43. The summed E-state index contributed by atoms with van der Waals surface area (Å²) in [6, 6.07) is 1.12. The molecule has 0 heterocycles. The van der Waals surface area contributed by atoms with Crippen LogP contribution in [0.25, 0.3) is 0 Å². The zero-order valence-corrected chi connectivity index (χ0v) is 9.93. The molecule has 1 saturated carbocycles. The van der Waals surface area contributed by atoms with Gasteiger partial charge < -0.3 is 5.32 Å². The molecular formula is C13H23N. The van der Waals surface area contributed by atoms with Crippen molar-refractivity contribution in [2.24, 2.45) is 11.3 Å². The van der Waals surface area contributed by atoms with Gasteiger partial charge in [0.2, 0.25) is 0 Å². The third-order valence-corrected chi connectivity index (χ3v) is 3.26. The number of nitrogens with one attached hydrogen (secondary N) is 1. The maximum Gasteiger partial charge on any atom is 0.0238 e. The van der Waals surface area contributed by atoms with E-state index in [9.17, 15) is 0 Å². The zero-order valence-electron chi connectivity index (χ0n) is 9.93. The molecule has 1 nitrogen and oxygen atoms in total. The molecule has 0 aliphatic heterocycles. The van der Waals surface area contributed by atoms with Gasteiger partial charge in [0.05, 0.1) is 0 Å². The molecule has 3 atom stereocenters. The third-order valence-electron chi connectivity index (χ3n) is 3.26. The molecule has 1 aliphatic rings. The van der Waals surface area contributed by atoms with Crippen LogP contribution in [-0.4, -0.2) is 12.1 Å². The van der Waals surface area contributed by atoms with Crippen LogP contribution >= 0.6 is 0 Å². The lowest BCUT2D eigenvalue weighted by Gasteiger charge is -2.22. The smallest absolute Gasteiger partial charge is 0.0238 e. The first kappa shape index (κ1) is 11.6. The molecule has 1 fully saturated rings. The van der Waals surface area contributed by atoms with Crippen molar-refractivity contribution < 1.29 is 0 Å². The Hall–Kier alpha value is -0.480. The van der Waals surface area contributed by atoms with E-state index in [1.54, 1.807) is 0 Å². The minimum atomic E-state index is 0.460. The second-order valence-corrected chi connectivity index (χ2v) is 5.63. The lowest BCUT2D eigenvalue weighted by atomic mass is 9.91. The van der Waals surface area contributed by atoms with Crippen molar-refractivity contribution in [2.45, 2.75) is 59.0 Å². The molecule has 0 amide bonds. The molecule has 0 saturated heterocycles.